The van der Waals surface area contributed by atoms with E-state index in [-0.39, 0.29) is 24.0 Å². The SMILES string of the molecule is CC(C)(C)CC(C)(C)C(=O)OC(C(=O)OCc1ccccc1)C(OC(=O)C(C)(C)CC(C)(C)C)C(=O)OCc1ccccc1. The molecule has 8 heteroatoms. The Kier molecular flexibility index (Phi) is 12.3. The molecule has 0 aromatic heterocycles. The van der Waals surface area contributed by atoms with Crippen LogP contribution in [-0.2, 0) is 51.3 Å². The van der Waals surface area contributed by atoms with Crippen LogP contribution >= 0.6 is 0 Å². The topological polar surface area (TPSA) is 105 Å². The monoisotopic (exact) mass is 610 g/mol. The van der Waals surface area contributed by atoms with E-state index < -0.39 is 46.9 Å². The molecule has 0 aliphatic rings. The molecule has 0 aliphatic heterocycles. The number of esters is 4. The van der Waals surface area contributed by atoms with Crippen molar-refractivity contribution in [1.82, 2.24) is 0 Å². The molecule has 0 amide bonds. The summed E-state index contributed by atoms with van der Waals surface area (Å²) in [4.78, 5) is 54.5. The van der Waals surface area contributed by atoms with Gasteiger partial charge in [0.05, 0.1) is 10.8 Å². The van der Waals surface area contributed by atoms with E-state index in [0.717, 1.165) is 0 Å². The summed E-state index contributed by atoms with van der Waals surface area (Å²) in [6.07, 6.45) is -2.95. The van der Waals surface area contributed by atoms with Crippen molar-refractivity contribution in [3.8, 4) is 0 Å². The average molecular weight is 611 g/mol. The molecule has 0 saturated carbocycles. The quantitative estimate of drug-likeness (QED) is 0.173. The highest BCUT2D eigenvalue weighted by atomic mass is 16.6. The van der Waals surface area contributed by atoms with Crippen molar-refractivity contribution in [2.24, 2.45) is 21.7 Å². The molecule has 0 N–H and O–H groups in total. The van der Waals surface area contributed by atoms with Gasteiger partial charge in [-0.2, -0.15) is 0 Å². The van der Waals surface area contributed by atoms with Crippen molar-refractivity contribution in [2.45, 2.75) is 108 Å². The molecule has 0 spiro atoms. The summed E-state index contributed by atoms with van der Waals surface area (Å²) in [5.74, 6) is -3.53. The molecule has 2 unspecified atom stereocenters. The normalized spacial score (nSPS) is 13.8. The van der Waals surface area contributed by atoms with Crippen molar-refractivity contribution >= 4 is 23.9 Å². The summed E-state index contributed by atoms with van der Waals surface area (Å²) >= 11 is 0. The third-order valence-electron chi connectivity index (χ3n) is 6.71. The highest BCUT2D eigenvalue weighted by Gasteiger charge is 2.47. The Morgan fingerprint density at radius 3 is 1.09 bits per heavy atom. The molecule has 0 aliphatic carbocycles. The number of hydrogen-bond acceptors (Lipinski definition) is 8. The molecule has 2 aromatic rings. The Morgan fingerprint density at radius 2 is 0.818 bits per heavy atom. The zero-order valence-corrected chi connectivity index (χ0v) is 28.0. The van der Waals surface area contributed by atoms with E-state index in [1.807, 2.05) is 53.7 Å². The number of hydrogen-bond donors (Lipinski definition) is 0. The first kappa shape index (κ1) is 36.5. The Bertz CT molecular complexity index is 1150. The van der Waals surface area contributed by atoms with Gasteiger partial charge >= 0.3 is 23.9 Å². The minimum absolute atomic E-state index is 0.144. The predicted molar refractivity (Wildman–Crippen MR) is 168 cm³/mol. The van der Waals surface area contributed by atoms with Crippen molar-refractivity contribution in [2.75, 3.05) is 0 Å². The van der Waals surface area contributed by atoms with Gasteiger partial charge in [0.2, 0.25) is 12.2 Å². The smallest absolute Gasteiger partial charge is 0.352 e. The van der Waals surface area contributed by atoms with Crippen LogP contribution in [0.5, 0.6) is 0 Å². The van der Waals surface area contributed by atoms with Crippen LogP contribution in [0.4, 0.5) is 0 Å². The molecular formula is C36H50O8. The summed E-state index contributed by atoms with van der Waals surface area (Å²) in [5.41, 5.74) is -1.20. The predicted octanol–water partition coefficient (Wildman–Crippen LogP) is 7.22. The first-order chi connectivity index (χ1) is 20.2. The molecule has 44 heavy (non-hydrogen) atoms. The fourth-order valence-electron chi connectivity index (χ4n) is 5.43. The van der Waals surface area contributed by atoms with Gasteiger partial charge in [0.1, 0.15) is 13.2 Å². The fraction of sp³-hybridized carbons (Fsp3) is 0.556. The van der Waals surface area contributed by atoms with Gasteiger partial charge in [0, 0.05) is 0 Å². The van der Waals surface area contributed by atoms with Crippen LogP contribution in [0.25, 0.3) is 0 Å². The summed E-state index contributed by atoms with van der Waals surface area (Å²) in [7, 11) is 0. The number of ether oxygens (including phenoxy) is 4. The van der Waals surface area contributed by atoms with Crippen molar-refractivity contribution < 1.29 is 38.1 Å². The molecule has 2 aromatic carbocycles. The molecule has 0 saturated heterocycles. The zero-order chi connectivity index (χ0) is 33.3. The summed E-state index contributed by atoms with van der Waals surface area (Å²) in [6, 6.07) is 17.9. The van der Waals surface area contributed by atoms with Gasteiger partial charge in [0.25, 0.3) is 0 Å². The van der Waals surface area contributed by atoms with E-state index in [1.54, 1.807) is 76.2 Å². The second kappa shape index (κ2) is 14.9. The van der Waals surface area contributed by atoms with Gasteiger partial charge in [-0.05, 0) is 62.5 Å². The Hall–Kier alpha value is -3.68. The van der Waals surface area contributed by atoms with E-state index in [2.05, 4.69) is 0 Å². The third kappa shape index (κ3) is 12.1. The van der Waals surface area contributed by atoms with E-state index in [9.17, 15) is 19.2 Å². The number of carbonyl (C=O) groups is 4. The van der Waals surface area contributed by atoms with Gasteiger partial charge in [-0.15, -0.1) is 0 Å². The molecule has 0 radical (unpaired) electrons. The van der Waals surface area contributed by atoms with Crippen LogP contribution in [0, 0.1) is 21.7 Å². The molecule has 0 fully saturated rings. The summed E-state index contributed by atoms with van der Waals surface area (Å²) in [5, 5.41) is 0. The lowest BCUT2D eigenvalue weighted by Gasteiger charge is -2.34. The minimum Gasteiger partial charge on any atom is -0.458 e. The van der Waals surface area contributed by atoms with Crippen LogP contribution < -0.4 is 0 Å². The molecule has 8 nitrogen and oxygen atoms in total. The highest BCUT2D eigenvalue weighted by Crippen LogP contribution is 2.36. The van der Waals surface area contributed by atoms with Crippen LogP contribution in [-0.4, -0.2) is 36.1 Å². The van der Waals surface area contributed by atoms with Gasteiger partial charge < -0.3 is 18.9 Å². The Balaban J connectivity index is 2.49. The second-order valence-electron chi connectivity index (χ2n) is 15.1. The standard InChI is InChI=1S/C36H50O8/c1-33(2,3)23-35(7,8)31(39)43-27(29(37)41-21-25-17-13-11-14-18-25)28(30(38)42-22-26-19-15-12-16-20-26)44-32(40)36(9,10)24-34(4,5)6/h11-20,27-28H,21-24H2,1-10H3. The largest absolute Gasteiger partial charge is 0.458 e. The highest BCUT2D eigenvalue weighted by molar-refractivity contribution is 5.90. The van der Waals surface area contributed by atoms with Crippen LogP contribution in [0.3, 0.4) is 0 Å². The first-order valence-electron chi connectivity index (χ1n) is 15.0. The van der Waals surface area contributed by atoms with Crippen LogP contribution in [0.1, 0.15) is 93.2 Å². The van der Waals surface area contributed by atoms with E-state index in [0.29, 0.717) is 24.0 Å². The molecule has 2 atom stereocenters. The summed E-state index contributed by atoms with van der Waals surface area (Å²) < 4.78 is 22.6. The van der Waals surface area contributed by atoms with E-state index in [1.165, 1.54) is 0 Å². The fourth-order valence-corrected chi connectivity index (χ4v) is 5.43. The maximum Gasteiger partial charge on any atom is 0.352 e. The van der Waals surface area contributed by atoms with Crippen molar-refractivity contribution in [3.63, 3.8) is 0 Å². The lowest BCUT2D eigenvalue weighted by Crippen LogP contribution is -2.50. The number of rotatable bonds is 13. The number of carbonyl (C=O) groups excluding carboxylic acids is 4. The molecule has 0 bridgehead atoms. The minimum atomic E-state index is -1.90. The summed E-state index contributed by atoms with van der Waals surface area (Å²) in [6.45, 7) is 18.4. The Morgan fingerprint density at radius 1 is 0.523 bits per heavy atom. The zero-order valence-electron chi connectivity index (χ0n) is 28.0. The molecular weight excluding hydrogens is 560 g/mol. The first-order valence-corrected chi connectivity index (χ1v) is 15.0. The van der Waals surface area contributed by atoms with Gasteiger partial charge in [0.15, 0.2) is 0 Å². The maximum absolute atomic E-state index is 13.6. The average Bonchev–Trinajstić information content (AvgIpc) is 2.90. The lowest BCUT2D eigenvalue weighted by molar-refractivity contribution is -0.199. The van der Waals surface area contributed by atoms with Crippen LogP contribution in [0.15, 0.2) is 60.7 Å². The second-order valence-corrected chi connectivity index (χ2v) is 15.1. The van der Waals surface area contributed by atoms with Gasteiger partial charge in [-0.1, -0.05) is 102 Å². The van der Waals surface area contributed by atoms with E-state index in [4.69, 9.17) is 18.9 Å². The Labute approximate surface area is 262 Å². The van der Waals surface area contributed by atoms with E-state index >= 15 is 0 Å². The third-order valence-corrected chi connectivity index (χ3v) is 6.71. The lowest BCUT2D eigenvalue weighted by atomic mass is 9.76. The maximum atomic E-state index is 13.6. The van der Waals surface area contributed by atoms with Gasteiger partial charge in [-0.3, -0.25) is 9.59 Å². The van der Waals surface area contributed by atoms with Crippen molar-refractivity contribution in [3.05, 3.63) is 71.8 Å². The van der Waals surface area contributed by atoms with Crippen LogP contribution in [0.2, 0.25) is 0 Å². The van der Waals surface area contributed by atoms with Gasteiger partial charge in [-0.25, -0.2) is 9.59 Å². The number of benzene rings is 2. The molecule has 242 valence electrons. The molecule has 0 heterocycles. The molecule has 2 rings (SSSR count). The van der Waals surface area contributed by atoms with Crippen molar-refractivity contribution in [1.29, 1.82) is 0 Å².